The van der Waals surface area contributed by atoms with Crippen molar-refractivity contribution in [2.24, 2.45) is 10.7 Å². The first-order valence-electron chi connectivity index (χ1n) is 8.00. The third-order valence-electron chi connectivity index (χ3n) is 3.37. The molecule has 0 radical (unpaired) electrons. The Kier molecular flexibility index (Phi) is 9.68. The molecule has 0 aliphatic heterocycles. The van der Waals surface area contributed by atoms with Gasteiger partial charge in [0.15, 0.2) is 5.96 Å². The Morgan fingerprint density at radius 1 is 1.24 bits per heavy atom. The van der Waals surface area contributed by atoms with Crippen molar-refractivity contribution in [1.29, 1.82) is 0 Å². The van der Waals surface area contributed by atoms with E-state index < -0.39 is 0 Å². The van der Waals surface area contributed by atoms with Crippen LogP contribution in [0.15, 0.2) is 47.6 Å². The molecule has 0 unspecified atom stereocenters. The number of halogens is 1. The van der Waals surface area contributed by atoms with Crippen molar-refractivity contribution in [3.63, 3.8) is 0 Å². The third-order valence-corrected chi connectivity index (χ3v) is 3.37. The number of aliphatic imine (C=N–C) groups is 1. The van der Waals surface area contributed by atoms with Gasteiger partial charge in [0, 0.05) is 17.4 Å². The van der Waals surface area contributed by atoms with Gasteiger partial charge in [0.25, 0.3) is 0 Å². The second-order valence-corrected chi connectivity index (χ2v) is 5.22. The number of pyridine rings is 1. The summed E-state index contributed by atoms with van der Waals surface area (Å²) in [6, 6.07) is 11.3. The summed E-state index contributed by atoms with van der Waals surface area (Å²) in [6.45, 7) is 3.19. The zero-order chi connectivity index (χ0) is 17.2. The molecule has 25 heavy (non-hydrogen) atoms. The molecule has 0 saturated heterocycles. The van der Waals surface area contributed by atoms with Crippen molar-refractivity contribution in [2.75, 3.05) is 19.0 Å². The Balaban J connectivity index is 0.00000312. The van der Waals surface area contributed by atoms with Gasteiger partial charge in [-0.15, -0.1) is 24.0 Å². The first kappa shape index (κ1) is 21.0. The van der Waals surface area contributed by atoms with Crippen LogP contribution in [0.25, 0.3) is 0 Å². The molecule has 2 aromatic rings. The lowest BCUT2D eigenvalue weighted by Crippen LogP contribution is -2.22. The van der Waals surface area contributed by atoms with E-state index in [2.05, 4.69) is 22.2 Å². The van der Waals surface area contributed by atoms with Crippen LogP contribution in [0.2, 0.25) is 0 Å². The molecule has 0 bridgehead atoms. The smallest absolute Gasteiger partial charge is 0.218 e. The summed E-state index contributed by atoms with van der Waals surface area (Å²) < 4.78 is 10.8. The van der Waals surface area contributed by atoms with E-state index in [0.29, 0.717) is 25.0 Å². The van der Waals surface area contributed by atoms with Crippen LogP contribution in [0.5, 0.6) is 11.6 Å². The molecular formula is C18H25IN4O2. The summed E-state index contributed by atoms with van der Waals surface area (Å²) in [5.41, 5.74) is 7.70. The van der Waals surface area contributed by atoms with Crippen molar-refractivity contribution in [3.8, 4) is 11.6 Å². The second kappa shape index (κ2) is 11.5. The number of unbranched alkanes of at least 4 members (excludes halogenated alkanes) is 1. The van der Waals surface area contributed by atoms with Crippen LogP contribution in [0.4, 0.5) is 5.69 Å². The van der Waals surface area contributed by atoms with Crippen molar-refractivity contribution in [1.82, 2.24) is 4.98 Å². The Morgan fingerprint density at radius 3 is 2.68 bits per heavy atom. The van der Waals surface area contributed by atoms with E-state index in [9.17, 15) is 0 Å². The van der Waals surface area contributed by atoms with Gasteiger partial charge in [0.1, 0.15) is 5.75 Å². The molecule has 0 saturated carbocycles. The third kappa shape index (κ3) is 7.16. The SMILES string of the molecule is CCCCOc1ncccc1CN=C(N)Nc1ccc(OC)cc1.I. The number of nitrogens with two attached hydrogens (primary N) is 1. The van der Waals surface area contributed by atoms with Gasteiger partial charge in [-0.25, -0.2) is 9.98 Å². The number of nitrogens with zero attached hydrogens (tertiary/aromatic N) is 2. The van der Waals surface area contributed by atoms with Crippen LogP contribution in [0.3, 0.4) is 0 Å². The molecule has 3 N–H and O–H groups in total. The molecule has 7 heteroatoms. The average molecular weight is 456 g/mol. The largest absolute Gasteiger partial charge is 0.497 e. The molecule has 0 aliphatic rings. The summed E-state index contributed by atoms with van der Waals surface area (Å²) in [5, 5.41) is 3.05. The van der Waals surface area contributed by atoms with E-state index in [0.717, 1.165) is 29.8 Å². The molecule has 0 spiro atoms. The van der Waals surface area contributed by atoms with E-state index in [1.807, 2.05) is 36.4 Å². The number of benzene rings is 1. The van der Waals surface area contributed by atoms with Crippen LogP contribution in [0.1, 0.15) is 25.3 Å². The topological polar surface area (TPSA) is 81.8 Å². The molecule has 6 nitrogen and oxygen atoms in total. The van der Waals surface area contributed by atoms with Gasteiger partial charge in [0.2, 0.25) is 5.88 Å². The Hall–Kier alpha value is -2.03. The predicted molar refractivity (Wildman–Crippen MR) is 112 cm³/mol. The number of hydrogen-bond donors (Lipinski definition) is 2. The maximum absolute atomic E-state index is 5.94. The van der Waals surface area contributed by atoms with E-state index in [-0.39, 0.29) is 24.0 Å². The summed E-state index contributed by atoms with van der Waals surface area (Å²) in [7, 11) is 1.63. The van der Waals surface area contributed by atoms with Crippen LogP contribution in [-0.4, -0.2) is 24.7 Å². The van der Waals surface area contributed by atoms with Crippen LogP contribution in [-0.2, 0) is 6.54 Å². The Morgan fingerprint density at radius 2 is 2.00 bits per heavy atom. The lowest BCUT2D eigenvalue weighted by atomic mass is 10.2. The van der Waals surface area contributed by atoms with Crippen LogP contribution < -0.4 is 20.5 Å². The highest BCUT2D eigenvalue weighted by Crippen LogP contribution is 2.17. The van der Waals surface area contributed by atoms with Crippen LogP contribution >= 0.6 is 24.0 Å². The minimum atomic E-state index is 0. The van der Waals surface area contributed by atoms with Crippen molar-refractivity contribution < 1.29 is 9.47 Å². The minimum Gasteiger partial charge on any atom is -0.497 e. The molecule has 1 aromatic carbocycles. The van der Waals surface area contributed by atoms with Gasteiger partial charge in [-0.3, -0.25) is 0 Å². The standard InChI is InChI=1S/C18H24N4O2.HI/c1-3-4-12-24-17-14(6-5-11-20-17)13-21-18(19)22-15-7-9-16(23-2)10-8-15;/h5-11H,3-4,12-13H2,1-2H3,(H3,19,21,22);1H. The monoisotopic (exact) mass is 456 g/mol. The first-order chi connectivity index (χ1) is 11.7. The van der Waals surface area contributed by atoms with E-state index in [4.69, 9.17) is 15.2 Å². The lowest BCUT2D eigenvalue weighted by Gasteiger charge is -2.09. The van der Waals surface area contributed by atoms with Gasteiger partial charge >= 0.3 is 0 Å². The van der Waals surface area contributed by atoms with Gasteiger partial charge in [-0.05, 0) is 36.8 Å². The number of hydrogen-bond acceptors (Lipinski definition) is 4. The maximum atomic E-state index is 5.94. The summed E-state index contributed by atoms with van der Waals surface area (Å²) in [5.74, 6) is 1.75. The van der Waals surface area contributed by atoms with Gasteiger partial charge in [-0.1, -0.05) is 19.4 Å². The molecule has 0 aliphatic carbocycles. The average Bonchev–Trinajstić information content (AvgIpc) is 2.62. The van der Waals surface area contributed by atoms with Gasteiger partial charge in [0.05, 0.1) is 20.3 Å². The number of anilines is 1. The van der Waals surface area contributed by atoms with Gasteiger partial charge in [-0.2, -0.15) is 0 Å². The predicted octanol–water partition coefficient (Wildman–Crippen LogP) is 3.81. The lowest BCUT2D eigenvalue weighted by molar-refractivity contribution is 0.294. The molecule has 2 rings (SSSR count). The molecule has 1 aromatic heterocycles. The van der Waals surface area contributed by atoms with E-state index >= 15 is 0 Å². The zero-order valence-electron chi connectivity index (χ0n) is 14.6. The minimum absolute atomic E-state index is 0. The maximum Gasteiger partial charge on any atom is 0.218 e. The number of aromatic nitrogens is 1. The van der Waals surface area contributed by atoms with E-state index in [1.165, 1.54) is 0 Å². The fourth-order valence-electron chi connectivity index (χ4n) is 2.02. The number of methoxy groups -OCH3 is 1. The highest BCUT2D eigenvalue weighted by Gasteiger charge is 2.04. The Labute approximate surface area is 165 Å². The zero-order valence-corrected chi connectivity index (χ0v) is 16.9. The number of rotatable bonds is 8. The molecule has 0 amide bonds. The van der Waals surface area contributed by atoms with Gasteiger partial charge < -0.3 is 20.5 Å². The fourth-order valence-corrected chi connectivity index (χ4v) is 2.02. The quantitative estimate of drug-likeness (QED) is 0.273. The summed E-state index contributed by atoms with van der Waals surface area (Å²) in [4.78, 5) is 8.62. The molecule has 136 valence electrons. The highest BCUT2D eigenvalue weighted by atomic mass is 127. The number of ether oxygens (including phenoxy) is 2. The van der Waals surface area contributed by atoms with Crippen molar-refractivity contribution in [2.45, 2.75) is 26.3 Å². The van der Waals surface area contributed by atoms with Crippen molar-refractivity contribution in [3.05, 3.63) is 48.2 Å². The fraction of sp³-hybridized carbons (Fsp3) is 0.333. The molecular weight excluding hydrogens is 431 g/mol. The molecule has 1 heterocycles. The van der Waals surface area contributed by atoms with Crippen molar-refractivity contribution >= 4 is 35.6 Å². The first-order valence-corrected chi connectivity index (χ1v) is 8.00. The van der Waals surface area contributed by atoms with Crippen LogP contribution in [0, 0.1) is 0 Å². The molecule has 0 fully saturated rings. The Bertz CT molecular complexity index is 662. The number of nitrogens with one attached hydrogen (secondary N) is 1. The molecule has 0 atom stereocenters. The summed E-state index contributed by atoms with van der Waals surface area (Å²) >= 11 is 0. The van der Waals surface area contributed by atoms with E-state index in [1.54, 1.807) is 13.3 Å². The number of guanidine groups is 1. The highest BCUT2D eigenvalue weighted by molar-refractivity contribution is 14.0. The summed E-state index contributed by atoms with van der Waals surface area (Å²) in [6.07, 6.45) is 3.80. The second-order valence-electron chi connectivity index (χ2n) is 5.22. The normalized spacial score (nSPS) is 10.7.